The number of nitrogens with one attached hydrogen (secondary N) is 1. The Kier molecular flexibility index (Phi) is 4.36. The molecular formula is C17H30N4. The average Bonchev–Trinajstić information content (AvgIpc) is 3.18. The number of aromatic nitrogens is 2. The molecule has 0 aromatic carbocycles. The largest absolute Gasteiger partial charge is 0.311 e. The first kappa shape index (κ1) is 15.0. The Balaban J connectivity index is 1.68. The van der Waals surface area contributed by atoms with Gasteiger partial charge in [-0.1, -0.05) is 13.8 Å². The van der Waals surface area contributed by atoms with Crippen LogP contribution in [0.2, 0.25) is 0 Å². The monoisotopic (exact) mass is 290 g/mol. The van der Waals surface area contributed by atoms with Gasteiger partial charge in [-0.05, 0) is 44.6 Å². The molecule has 4 nitrogen and oxygen atoms in total. The van der Waals surface area contributed by atoms with Crippen LogP contribution in [0.25, 0.3) is 0 Å². The van der Waals surface area contributed by atoms with Crippen molar-refractivity contribution in [3.8, 4) is 0 Å². The summed E-state index contributed by atoms with van der Waals surface area (Å²) in [5, 5.41) is 8.52. The van der Waals surface area contributed by atoms with Gasteiger partial charge in [0.05, 0.1) is 5.69 Å². The second-order valence-electron chi connectivity index (χ2n) is 7.47. The summed E-state index contributed by atoms with van der Waals surface area (Å²) < 4.78 is 2.07. The first-order valence-electron chi connectivity index (χ1n) is 8.56. The van der Waals surface area contributed by atoms with E-state index in [9.17, 15) is 0 Å². The molecule has 2 heterocycles. The van der Waals surface area contributed by atoms with Crippen LogP contribution in [0.4, 0.5) is 0 Å². The van der Waals surface area contributed by atoms with Crippen molar-refractivity contribution in [2.75, 3.05) is 13.1 Å². The fourth-order valence-electron chi connectivity index (χ4n) is 3.46. The van der Waals surface area contributed by atoms with Crippen LogP contribution < -0.4 is 5.32 Å². The second-order valence-corrected chi connectivity index (χ2v) is 7.47. The maximum atomic E-state index is 4.74. The standard InChI is InChI=1S/C17H30N4/c1-12(2)17-9-18-16(14-5-6-14)11-20(17)10-15-7-8-21(19-15)13(3)4/h7-8,12-14,16-18H,5-6,9-11H2,1-4H3. The van der Waals surface area contributed by atoms with Crippen molar-refractivity contribution >= 4 is 0 Å². The molecule has 1 aromatic heterocycles. The Morgan fingerprint density at radius 2 is 2.05 bits per heavy atom. The van der Waals surface area contributed by atoms with Gasteiger partial charge in [-0.2, -0.15) is 5.10 Å². The van der Waals surface area contributed by atoms with Gasteiger partial charge in [-0.15, -0.1) is 0 Å². The summed E-state index contributed by atoms with van der Waals surface area (Å²) in [6.07, 6.45) is 4.95. The van der Waals surface area contributed by atoms with Gasteiger partial charge in [0.1, 0.15) is 0 Å². The molecule has 1 N–H and O–H groups in total. The summed E-state index contributed by atoms with van der Waals surface area (Å²) in [4.78, 5) is 2.66. The second kappa shape index (κ2) is 6.09. The lowest BCUT2D eigenvalue weighted by Gasteiger charge is -2.42. The van der Waals surface area contributed by atoms with Gasteiger partial charge in [-0.3, -0.25) is 9.58 Å². The summed E-state index contributed by atoms with van der Waals surface area (Å²) in [6, 6.07) is 3.96. The third-order valence-electron chi connectivity index (χ3n) is 5.01. The van der Waals surface area contributed by atoms with E-state index in [0.717, 1.165) is 19.0 Å². The molecule has 4 heteroatoms. The molecule has 0 amide bonds. The lowest BCUT2D eigenvalue weighted by molar-refractivity contribution is 0.0837. The molecule has 2 unspecified atom stereocenters. The van der Waals surface area contributed by atoms with Gasteiger partial charge in [-0.25, -0.2) is 0 Å². The number of hydrogen-bond donors (Lipinski definition) is 1. The van der Waals surface area contributed by atoms with E-state index in [2.05, 4.69) is 54.9 Å². The maximum absolute atomic E-state index is 4.74. The minimum atomic E-state index is 0.446. The van der Waals surface area contributed by atoms with E-state index < -0.39 is 0 Å². The normalized spacial score (nSPS) is 27.7. The zero-order valence-corrected chi connectivity index (χ0v) is 13.9. The summed E-state index contributed by atoms with van der Waals surface area (Å²) in [6.45, 7) is 12.3. The van der Waals surface area contributed by atoms with Crippen LogP contribution >= 0.6 is 0 Å². The van der Waals surface area contributed by atoms with E-state index in [1.54, 1.807) is 0 Å². The van der Waals surface area contributed by atoms with Crippen molar-refractivity contribution < 1.29 is 0 Å². The zero-order valence-electron chi connectivity index (χ0n) is 13.9. The molecule has 1 saturated heterocycles. The number of piperazine rings is 1. The van der Waals surface area contributed by atoms with Gasteiger partial charge in [0.15, 0.2) is 0 Å². The van der Waals surface area contributed by atoms with E-state index in [1.165, 1.54) is 25.1 Å². The molecule has 0 spiro atoms. The van der Waals surface area contributed by atoms with E-state index in [0.29, 0.717) is 24.0 Å². The van der Waals surface area contributed by atoms with E-state index in [1.807, 2.05) is 0 Å². The number of rotatable bonds is 5. The zero-order chi connectivity index (χ0) is 15.0. The highest BCUT2D eigenvalue weighted by Crippen LogP contribution is 2.35. The summed E-state index contributed by atoms with van der Waals surface area (Å²) in [5.74, 6) is 1.61. The molecule has 2 fully saturated rings. The summed E-state index contributed by atoms with van der Waals surface area (Å²) in [5.41, 5.74) is 1.21. The average molecular weight is 290 g/mol. The highest BCUT2D eigenvalue weighted by molar-refractivity contribution is 5.03. The molecule has 1 aliphatic carbocycles. The summed E-state index contributed by atoms with van der Waals surface area (Å²) in [7, 11) is 0. The van der Waals surface area contributed by atoms with Crippen LogP contribution in [-0.2, 0) is 6.54 Å². The Morgan fingerprint density at radius 1 is 1.29 bits per heavy atom. The molecule has 1 aromatic rings. The molecule has 2 atom stereocenters. The molecule has 118 valence electrons. The molecular weight excluding hydrogens is 260 g/mol. The smallest absolute Gasteiger partial charge is 0.0765 e. The SMILES string of the molecule is CC(C)C1CNC(C2CC2)CN1Cc1ccn(C(C)C)n1. The first-order chi connectivity index (χ1) is 10.0. The van der Waals surface area contributed by atoms with Gasteiger partial charge in [0.2, 0.25) is 0 Å². The van der Waals surface area contributed by atoms with Gasteiger partial charge < -0.3 is 5.32 Å². The van der Waals surface area contributed by atoms with Crippen LogP contribution in [-0.4, -0.2) is 39.9 Å². The van der Waals surface area contributed by atoms with Crippen molar-refractivity contribution in [2.45, 2.75) is 65.2 Å². The lowest BCUT2D eigenvalue weighted by Crippen LogP contribution is -2.58. The molecule has 0 bridgehead atoms. The van der Waals surface area contributed by atoms with Gasteiger partial charge in [0.25, 0.3) is 0 Å². The molecule has 2 aliphatic rings. The Hall–Kier alpha value is -0.870. The van der Waals surface area contributed by atoms with Crippen LogP contribution in [0, 0.1) is 11.8 Å². The van der Waals surface area contributed by atoms with Gasteiger partial charge in [0, 0.05) is 44.0 Å². The van der Waals surface area contributed by atoms with Gasteiger partial charge >= 0.3 is 0 Å². The van der Waals surface area contributed by atoms with E-state index >= 15 is 0 Å². The van der Waals surface area contributed by atoms with E-state index in [-0.39, 0.29) is 0 Å². The quantitative estimate of drug-likeness (QED) is 0.905. The first-order valence-corrected chi connectivity index (χ1v) is 8.56. The van der Waals surface area contributed by atoms with Crippen molar-refractivity contribution in [1.29, 1.82) is 0 Å². The third-order valence-corrected chi connectivity index (χ3v) is 5.01. The number of hydrogen-bond acceptors (Lipinski definition) is 3. The van der Waals surface area contributed by atoms with Crippen molar-refractivity contribution in [3.63, 3.8) is 0 Å². The van der Waals surface area contributed by atoms with Crippen LogP contribution in [0.3, 0.4) is 0 Å². The Bertz CT molecular complexity index is 461. The molecule has 3 rings (SSSR count). The van der Waals surface area contributed by atoms with Crippen LogP contribution in [0.5, 0.6) is 0 Å². The van der Waals surface area contributed by atoms with Crippen LogP contribution in [0.1, 0.15) is 52.3 Å². The van der Waals surface area contributed by atoms with E-state index in [4.69, 9.17) is 5.10 Å². The predicted molar refractivity (Wildman–Crippen MR) is 86.2 cm³/mol. The lowest BCUT2D eigenvalue weighted by atomic mass is 9.97. The number of nitrogens with zero attached hydrogens (tertiary/aromatic N) is 3. The Labute approximate surface area is 128 Å². The van der Waals surface area contributed by atoms with Crippen LogP contribution in [0.15, 0.2) is 12.3 Å². The minimum Gasteiger partial charge on any atom is -0.311 e. The molecule has 1 saturated carbocycles. The minimum absolute atomic E-state index is 0.446. The van der Waals surface area contributed by atoms with Crippen molar-refractivity contribution in [3.05, 3.63) is 18.0 Å². The fraction of sp³-hybridized carbons (Fsp3) is 0.824. The summed E-state index contributed by atoms with van der Waals surface area (Å²) >= 11 is 0. The third kappa shape index (κ3) is 3.49. The fourth-order valence-corrected chi connectivity index (χ4v) is 3.46. The molecule has 21 heavy (non-hydrogen) atoms. The predicted octanol–water partition coefficient (Wildman–Crippen LogP) is 2.67. The highest BCUT2D eigenvalue weighted by Gasteiger charge is 2.38. The maximum Gasteiger partial charge on any atom is 0.0765 e. The topological polar surface area (TPSA) is 33.1 Å². The Morgan fingerprint density at radius 3 is 2.62 bits per heavy atom. The molecule has 0 radical (unpaired) electrons. The van der Waals surface area contributed by atoms with Crippen molar-refractivity contribution in [1.82, 2.24) is 20.0 Å². The van der Waals surface area contributed by atoms with Crippen molar-refractivity contribution in [2.24, 2.45) is 11.8 Å². The highest BCUT2D eigenvalue weighted by atomic mass is 15.3. The molecule has 1 aliphatic heterocycles.